The fraction of sp³-hybridized carbons (Fsp3) is 0.500. The average molecular weight is 354 g/mol. The van der Waals surface area contributed by atoms with Gasteiger partial charge in [-0.1, -0.05) is 0 Å². The molecule has 0 bridgehead atoms. The first-order valence-corrected chi connectivity index (χ1v) is 9.69. The number of hydrogen-bond donors (Lipinski definition) is 1. The SMILES string of the molecule is CCOC(=O)c1ccc(NC(=O)C2CCCN(S(C)(=O)=O)C2)cc1. The molecule has 1 heterocycles. The zero-order valence-corrected chi connectivity index (χ0v) is 14.6. The van der Waals surface area contributed by atoms with E-state index in [2.05, 4.69) is 5.32 Å². The van der Waals surface area contributed by atoms with E-state index < -0.39 is 16.0 Å². The Kier molecular flexibility index (Phi) is 5.95. The van der Waals surface area contributed by atoms with Crippen molar-refractivity contribution in [2.75, 3.05) is 31.3 Å². The Labute approximate surface area is 142 Å². The van der Waals surface area contributed by atoms with Gasteiger partial charge in [0.1, 0.15) is 0 Å². The van der Waals surface area contributed by atoms with E-state index in [4.69, 9.17) is 4.74 Å². The fourth-order valence-electron chi connectivity index (χ4n) is 2.61. The topological polar surface area (TPSA) is 92.8 Å². The second-order valence-electron chi connectivity index (χ2n) is 5.75. The predicted molar refractivity (Wildman–Crippen MR) is 90.2 cm³/mol. The van der Waals surface area contributed by atoms with Gasteiger partial charge in [-0.2, -0.15) is 0 Å². The van der Waals surface area contributed by atoms with Crippen LogP contribution in [0.3, 0.4) is 0 Å². The van der Waals surface area contributed by atoms with Crippen molar-refractivity contribution in [1.82, 2.24) is 4.31 Å². The zero-order valence-electron chi connectivity index (χ0n) is 13.8. The number of ether oxygens (including phenoxy) is 1. The van der Waals surface area contributed by atoms with Gasteiger partial charge in [0.2, 0.25) is 15.9 Å². The Morgan fingerprint density at radius 1 is 1.29 bits per heavy atom. The van der Waals surface area contributed by atoms with E-state index in [0.29, 0.717) is 37.2 Å². The average Bonchev–Trinajstić information content (AvgIpc) is 2.55. The summed E-state index contributed by atoms with van der Waals surface area (Å²) in [5, 5.41) is 2.77. The molecule has 1 aliphatic rings. The standard InChI is InChI=1S/C16H22N2O5S/c1-3-23-16(20)12-6-8-14(9-7-12)17-15(19)13-5-4-10-18(11-13)24(2,21)22/h6-9,13H,3-5,10-11H2,1-2H3,(H,17,19). The number of carbonyl (C=O) groups excluding carboxylic acids is 2. The minimum Gasteiger partial charge on any atom is -0.462 e. The number of carbonyl (C=O) groups is 2. The van der Waals surface area contributed by atoms with Crippen molar-refractivity contribution in [2.45, 2.75) is 19.8 Å². The summed E-state index contributed by atoms with van der Waals surface area (Å²) in [6, 6.07) is 6.41. The van der Waals surface area contributed by atoms with Crippen molar-refractivity contribution in [1.29, 1.82) is 0 Å². The van der Waals surface area contributed by atoms with Crippen molar-refractivity contribution in [3.8, 4) is 0 Å². The minimum atomic E-state index is -3.28. The highest BCUT2D eigenvalue weighted by Crippen LogP contribution is 2.21. The highest BCUT2D eigenvalue weighted by Gasteiger charge is 2.30. The second-order valence-corrected chi connectivity index (χ2v) is 7.73. The van der Waals surface area contributed by atoms with Crippen LogP contribution in [0.25, 0.3) is 0 Å². The number of piperidine rings is 1. The van der Waals surface area contributed by atoms with Gasteiger partial charge in [-0.3, -0.25) is 4.79 Å². The van der Waals surface area contributed by atoms with Gasteiger partial charge < -0.3 is 10.1 Å². The number of nitrogens with zero attached hydrogens (tertiary/aromatic N) is 1. The van der Waals surface area contributed by atoms with E-state index in [1.54, 1.807) is 31.2 Å². The molecule has 1 saturated heterocycles. The van der Waals surface area contributed by atoms with Gasteiger partial charge in [0, 0.05) is 18.8 Å². The lowest BCUT2D eigenvalue weighted by molar-refractivity contribution is -0.120. The summed E-state index contributed by atoms with van der Waals surface area (Å²) in [6.45, 7) is 2.69. The number of hydrogen-bond acceptors (Lipinski definition) is 5. The number of rotatable bonds is 5. The maximum atomic E-state index is 12.3. The molecule has 0 aromatic heterocycles. The van der Waals surface area contributed by atoms with Crippen molar-refractivity contribution in [3.63, 3.8) is 0 Å². The molecule has 0 radical (unpaired) electrons. The molecule has 1 fully saturated rings. The van der Waals surface area contributed by atoms with Crippen molar-refractivity contribution < 1.29 is 22.7 Å². The van der Waals surface area contributed by atoms with E-state index in [9.17, 15) is 18.0 Å². The maximum absolute atomic E-state index is 12.3. The van der Waals surface area contributed by atoms with Gasteiger partial charge in [-0.25, -0.2) is 17.5 Å². The number of amides is 1. The van der Waals surface area contributed by atoms with Gasteiger partial charge in [-0.05, 0) is 44.0 Å². The fourth-order valence-corrected chi connectivity index (χ4v) is 3.52. The first kappa shape index (κ1) is 18.4. The number of nitrogens with one attached hydrogen (secondary N) is 1. The highest BCUT2D eigenvalue weighted by molar-refractivity contribution is 7.88. The third-order valence-electron chi connectivity index (χ3n) is 3.89. The van der Waals surface area contributed by atoms with E-state index in [-0.39, 0.29) is 18.4 Å². The van der Waals surface area contributed by atoms with Crippen LogP contribution in [0.1, 0.15) is 30.1 Å². The van der Waals surface area contributed by atoms with Crippen LogP contribution in [-0.2, 0) is 19.6 Å². The van der Waals surface area contributed by atoms with Crippen LogP contribution in [0.15, 0.2) is 24.3 Å². The summed E-state index contributed by atoms with van der Waals surface area (Å²) in [4.78, 5) is 23.9. The van der Waals surface area contributed by atoms with Crippen LogP contribution >= 0.6 is 0 Å². The molecular formula is C16H22N2O5S. The van der Waals surface area contributed by atoms with Crippen molar-refractivity contribution in [2.24, 2.45) is 5.92 Å². The molecule has 2 rings (SSSR count). The molecule has 1 unspecified atom stereocenters. The molecule has 1 aromatic rings. The molecule has 0 saturated carbocycles. The molecule has 0 aliphatic carbocycles. The summed E-state index contributed by atoms with van der Waals surface area (Å²) in [5.41, 5.74) is 0.972. The van der Waals surface area contributed by atoms with Gasteiger partial charge in [0.25, 0.3) is 0 Å². The maximum Gasteiger partial charge on any atom is 0.338 e. The van der Waals surface area contributed by atoms with Crippen LogP contribution in [0.2, 0.25) is 0 Å². The first-order valence-electron chi connectivity index (χ1n) is 7.84. The van der Waals surface area contributed by atoms with Gasteiger partial charge in [-0.15, -0.1) is 0 Å². The van der Waals surface area contributed by atoms with Crippen LogP contribution in [0, 0.1) is 5.92 Å². The summed E-state index contributed by atoms with van der Waals surface area (Å²) < 4.78 is 29.5. The van der Waals surface area contributed by atoms with Gasteiger partial charge >= 0.3 is 5.97 Å². The van der Waals surface area contributed by atoms with E-state index >= 15 is 0 Å². The molecule has 1 N–H and O–H groups in total. The lowest BCUT2D eigenvalue weighted by Crippen LogP contribution is -2.43. The van der Waals surface area contributed by atoms with Crippen LogP contribution in [0.5, 0.6) is 0 Å². The van der Waals surface area contributed by atoms with E-state index in [0.717, 1.165) is 6.26 Å². The van der Waals surface area contributed by atoms with E-state index in [1.165, 1.54) is 4.31 Å². The third kappa shape index (κ3) is 4.78. The Bertz CT molecular complexity index is 700. The van der Waals surface area contributed by atoms with Gasteiger partial charge in [0.05, 0.1) is 24.3 Å². The van der Waals surface area contributed by atoms with Crippen LogP contribution < -0.4 is 5.32 Å². The summed E-state index contributed by atoms with van der Waals surface area (Å²) in [7, 11) is -3.28. The van der Waals surface area contributed by atoms with E-state index in [1.807, 2.05) is 0 Å². The zero-order chi connectivity index (χ0) is 17.7. The predicted octanol–water partition coefficient (Wildman–Crippen LogP) is 1.47. The second kappa shape index (κ2) is 7.76. The molecule has 1 aromatic carbocycles. The molecule has 1 aliphatic heterocycles. The minimum absolute atomic E-state index is 0.200. The molecule has 24 heavy (non-hydrogen) atoms. The van der Waals surface area contributed by atoms with Crippen molar-refractivity contribution in [3.05, 3.63) is 29.8 Å². The third-order valence-corrected chi connectivity index (χ3v) is 5.16. The summed E-state index contributed by atoms with van der Waals surface area (Å²) in [6.07, 6.45) is 2.47. The molecule has 132 valence electrons. The van der Waals surface area contributed by atoms with Crippen LogP contribution in [0.4, 0.5) is 5.69 Å². The molecule has 7 nitrogen and oxygen atoms in total. The highest BCUT2D eigenvalue weighted by atomic mass is 32.2. The Hall–Kier alpha value is -1.93. The number of esters is 1. The van der Waals surface area contributed by atoms with Gasteiger partial charge in [0.15, 0.2) is 0 Å². The molecular weight excluding hydrogens is 332 g/mol. The normalized spacial score (nSPS) is 18.8. The van der Waals surface area contributed by atoms with Crippen LogP contribution in [-0.4, -0.2) is 50.6 Å². The number of anilines is 1. The van der Waals surface area contributed by atoms with Crippen molar-refractivity contribution >= 4 is 27.6 Å². The Morgan fingerprint density at radius 3 is 2.54 bits per heavy atom. The molecule has 0 spiro atoms. The molecule has 1 amide bonds. The smallest absolute Gasteiger partial charge is 0.338 e. The summed E-state index contributed by atoms with van der Waals surface area (Å²) in [5.74, 6) is -1.00. The number of benzene rings is 1. The number of sulfonamides is 1. The largest absolute Gasteiger partial charge is 0.462 e. The lowest BCUT2D eigenvalue weighted by Gasteiger charge is -2.30. The lowest BCUT2D eigenvalue weighted by atomic mass is 9.98. The summed E-state index contributed by atoms with van der Waals surface area (Å²) >= 11 is 0. The quantitative estimate of drug-likeness (QED) is 0.809. The molecule has 8 heteroatoms. The Morgan fingerprint density at radius 2 is 1.96 bits per heavy atom. The first-order chi connectivity index (χ1) is 11.3. The molecule has 1 atom stereocenters. The Balaban J connectivity index is 1.98. The monoisotopic (exact) mass is 354 g/mol.